The van der Waals surface area contributed by atoms with Gasteiger partial charge in [0.25, 0.3) is 0 Å². The third-order valence-electron chi connectivity index (χ3n) is 3.07. The van der Waals surface area contributed by atoms with Crippen LogP contribution in [-0.4, -0.2) is 54.1 Å². The molecule has 102 valence electrons. The van der Waals surface area contributed by atoms with Crippen molar-refractivity contribution in [2.75, 3.05) is 26.2 Å². The third-order valence-corrected chi connectivity index (χ3v) is 3.07. The lowest BCUT2D eigenvalue weighted by molar-refractivity contribution is -0.144. The number of aliphatic carboxylic acids is 1. The van der Waals surface area contributed by atoms with Crippen molar-refractivity contribution in [1.29, 1.82) is 0 Å². The second-order valence-corrected chi connectivity index (χ2v) is 4.40. The Morgan fingerprint density at radius 3 is 2.44 bits per heavy atom. The minimum absolute atomic E-state index is 0.00211. The number of amides is 3. The quantitative estimate of drug-likeness (QED) is 0.617. The summed E-state index contributed by atoms with van der Waals surface area (Å²) >= 11 is 0. The molecule has 1 aliphatic rings. The zero-order valence-corrected chi connectivity index (χ0v) is 10.6. The summed E-state index contributed by atoms with van der Waals surface area (Å²) in [7, 11) is 0. The Hall–Kier alpha value is -1.79. The van der Waals surface area contributed by atoms with Crippen molar-refractivity contribution in [3.05, 3.63) is 0 Å². The average Bonchev–Trinajstić information content (AvgIpc) is 2.24. The van der Waals surface area contributed by atoms with Gasteiger partial charge in [0.1, 0.15) is 0 Å². The minimum atomic E-state index is -0.845. The minimum Gasteiger partial charge on any atom is -0.481 e. The van der Waals surface area contributed by atoms with Crippen LogP contribution < -0.4 is 10.6 Å². The number of carbonyl (C=O) groups excluding carboxylic acids is 2. The van der Waals surface area contributed by atoms with Crippen LogP contribution in [0.3, 0.4) is 0 Å². The Bertz CT molecular complexity index is 339. The molecule has 7 heteroatoms. The van der Waals surface area contributed by atoms with Crippen LogP contribution in [0.15, 0.2) is 0 Å². The Balaban J connectivity index is 2.23. The smallest absolute Gasteiger partial charge is 0.317 e. The number of rotatable bonds is 5. The molecule has 1 unspecified atom stereocenters. The summed E-state index contributed by atoms with van der Waals surface area (Å²) in [4.78, 5) is 34.9. The van der Waals surface area contributed by atoms with Crippen LogP contribution in [-0.2, 0) is 9.59 Å². The van der Waals surface area contributed by atoms with Gasteiger partial charge in [-0.15, -0.1) is 0 Å². The average molecular weight is 257 g/mol. The first-order chi connectivity index (χ1) is 8.45. The molecule has 7 nitrogen and oxygen atoms in total. The van der Waals surface area contributed by atoms with Crippen LogP contribution in [0.4, 0.5) is 4.79 Å². The SMILES string of the molecule is CCNC(=O)CNC(=O)N1CC(C(C)C(=O)O)C1. The number of likely N-dealkylation sites (N-methyl/N-ethyl adjacent to an activating group) is 1. The van der Waals surface area contributed by atoms with Crippen molar-refractivity contribution in [1.82, 2.24) is 15.5 Å². The number of hydrogen-bond donors (Lipinski definition) is 3. The monoisotopic (exact) mass is 257 g/mol. The molecule has 3 N–H and O–H groups in total. The number of likely N-dealkylation sites (tertiary alicyclic amines) is 1. The zero-order valence-electron chi connectivity index (χ0n) is 10.6. The number of carbonyl (C=O) groups is 3. The molecule has 0 radical (unpaired) electrons. The van der Waals surface area contributed by atoms with E-state index in [1.807, 2.05) is 0 Å². The number of nitrogens with zero attached hydrogens (tertiary/aromatic N) is 1. The molecule has 0 bridgehead atoms. The van der Waals surface area contributed by atoms with E-state index in [0.29, 0.717) is 19.6 Å². The normalized spacial score (nSPS) is 16.7. The molecule has 1 atom stereocenters. The number of urea groups is 1. The van der Waals surface area contributed by atoms with Gasteiger partial charge >= 0.3 is 12.0 Å². The maximum atomic E-state index is 11.6. The maximum absolute atomic E-state index is 11.6. The molecule has 0 aromatic heterocycles. The molecule has 0 spiro atoms. The summed E-state index contributed by atoms with van der Waals surface area (Å²) < 4.78 is 0. The zero-order chi connectivity index (χ0) is 13.7. The molecule has 1 saturated heterocycles. The van der Waals surface area contributed by atoms with Crippen LogP contribution in [0.25, 0.3) is 0 Å². The van der Waals surface area contributed by atoms with E-state index in [1.165, 1.54) is 4.90 Å². The summed E-state index contributed by atoms with van der Waals surface area (Å²) in [6, 6.07) is -0.324. The summed E-state index contributed by atoms with van der Waals surface area (Å²) in [5.74, 6) is -1.53. The molecule has 3 amide bonds. The standard InChI is InChI=1S/C11H19N3O4/c1-3-12-9(15)4-13-11(18)14-5-8(6-14)7(2)10(16)17/h7-8H,3-6H2,1-2H3,(H,12,15)(H,13,18)(H,16,17). The van der Waals surface area contributed by atoms with Crippen LogP contribution in [0, 0.1) is 11.8 Å². The lowest BCUT2D eigenvalue weighted by Crippen LogP contribution is -2.57. The van der Waals surface area contributed by atoms with Crippen LogP contribution >= 0.6 is 0 Å². The number of hydrogen-bond acceptors (Lipinski definition) is 3. The lowest BCUT2D eigenvalue weighted by atomic mass is 9.87. The predicted octanol–water partition coefficient (Wildman–Crippen LogP) is -0.515. The van der Waals surface area contributed by atoms with Gasteiger partial charge in [-0.1, -0.05) is 6.92 Å². The van der Waals surface area contributed by atoms with Crippen LogP contribution in [0.5, 0.6) is 0 Å². The predicted molar refractivity (Wildman–Crippen MR) is 63.9 cm³/mol. The van der Waals surface area contributed by atoms with Gasteiger partial charge in [0.05, 0.1) is 12.5 Å². The van der Waals surface area contributed by atoms with Crippen LogP contribution in [0.2, 0.25) is 0 Å². The summed E-state index contributed by atoms with van der Waals surface area (Å²) in [6.45, 7) is 4.76. The fourth-order valence-corrected chi connectivity index (χ4v) is 1.72. The van der Waals surface area contributed by atoms with Crippen molar-refractivity contribution < 1.29 is 19.5 Å². The Morgan fingerprint density at radius 2 is 1.94 bits per heavy atom. The van der Waals surface area contributed by atoms with Crippen molar-refractivity contribution in [2.45, 2.75) is 13.8 Å². The van der Waals surface area contributed by atoms with E-state index in [1.54, 1.807) is 13.8 Å². The summed E-state index contributed by atoms with van der Waals surface area (Å²) in [6.07, 6.45) is 0. The molecule has 0 saturated carbocycles. The number of nitrogens with one attached hydrogen (secondary N) is 2. The first-order valence-corrected chi connectivity index (χ1v) is 5.98. The highest BCUT2D eigenvalue weighted by Crippen LogP contribution is 2.23. The van der Waals surface area contributed by atoms with Crippen LogP contribution in [0.1, 0.15) is 13.8 Å². The fourth-order valence-electron chi connectivity index (χ4n) is 1.72. The first-order valence-electron chi connectivity index (χ1n) is 5.98. The Kier molecular flexibility index (Phi) is 4.94. The van der Waals surface area contributed by atoms with E-state index in [-0.39, 0.29) is 24.4 Å². The Labute approximate surface area is 106 Å². The van der Waals surface area contributed by atoms with Gasteiger partial charge < -0.3 is 20.6 Å². The number of carboxylic acids is 1. The van der Waals surface area contributed by atoms with Crippen molar-refractivity contribution >= 4 is 17.9 Å². The van der Waals surface area contributed by atoms with E-state index in [4.69, 9.17) is 5.11 Å². The Morgan fingerprint density at radius 1 is 1.33 bits per heavy atom. The largest absolute Gasteiger partial charge is 0.481 e. The summed E-state index contributed by atoms with van der Waals surface area (Å²) in [5, 5.41) is 13.9. The van der Waals surface area contributed by atoms with Gasteiger partial charge in [-0.25, -0.2) is 4.79 Å². The molecule has 1 heterocycles. The van der Waals surface area contributed by atoms with Gasteiger partial charge in [0, 0.05) is 25.6 Å². The van der Waals surface area contributed by atoms with Gasteiger partial charge in [-0.2, -0.15) is 0 Å². The third kappa shape index (κ3) is 3.61. The highest BCUT2D eigenvalue weighted by Gasteiger charge is 2.37. The molecule has 18 heavy (non-hydrogen) atoms. The van der Waals surface area contributed by atoms with E-state index < -0.39 is 11.9 Å². The van der Waals surface area contributed by atoms with E-state index in [2.05, 4.69) is 10.6 Å². The van der Waals surface area contributed by atoms with E-state index in [9.17, 15) is 14.4 Å². The molecule has 1 fully saturated rings. The van der Waals surface area contributed by atoms with Gasteiger partial charge in [0.15, 0.2) is 0 Å². The lowest BCUT2D eigenvalue weighted by Gasteiger charge is -2.40. The number of carboxylic acid groups (broad SMARTS) is 1. The van der Waals surface area contributed by atoms with Crippen molar-refractivity contribution in [3.8, 4) is 0 Å². The van der Waals surface area contributed by atoms with E-state index >= 15 is 0 Å². The van der Waals surface area contributed by atoms with E-state index in [0.717, 1.165) is 0 Å². The molecule has 1 aliphatic heterocycles. The molecule has 1 rings (SSSR count). The highest BCUT2D eigenvalue weighted by molar-refractivity contribution is 5.84. The van der Waals surface area contributed by atoms with Gasteiger partial charge in [-0.3, -0.25) is 9.59 Å². The fraction of sp³-hybridized carbons (Fsp3) is 0.727. The van der Waals surface area contributed by atoms with Gasteiger partial charge in [-0.05, 0) is 6.92 Å². The molecular formula is C11H19N3O4. The van der Waals surface area contributed by atoms with Crippen molar-refractivity contribution in [3.63, 3.8) is 0 Å². The summed E-state index contributed by atoms with van der Waals surface area (Å²) in [5.41, 5.74) is 0. The first kappa shape index (κ1) is 14.3. The molecule has 0 aromatic rings. The molecular weight excluding hydrogens is 238 g/mol. The second-order valence-electron chi connectivity index (χ2n) is 4.40. The maximum Gasteiger partial charge on any atom is 0.317 e. The van der Waals surface area contributed by atoms with Gasteiger partial charge in [0.2, 0.25) is 5.91 Å². The molecule has 0 aliphatic carbocycles. The second kappa shape index (κ2) is 6.23. The van der Waals surface area contributed by atoms with Crippen molar-refractivity contribution in [2.24, 2.45) is 11.8 Å². The highest BCUT2D eigenvalue weighted by atomic mass is 16.4. The topological polar surface area (TPSA) is 98.7 Å². The molecule has 0 aromatic carbocycles.